The first-order valence-corrected chi connectivity index (χ1v) is 9.35. The number of benzene rings is 1. The minimum absolute atomic E-state index is 0.181. The summed E-state index contributed by atoms with van der Waals surface area (Å²) >= 11 is 6.29. The average Bonchev–Trinajstić information content (AvgIpc) is 2.66. The Morgan fingerprint density at radius 3 is 2.59 bits per heavy atom. The highest BCUT2D eigenvalue weighted by atomic mass is 35.5. The van der Waals surface area contributed by atoms with Gasteiger partial charge in [0.25, 0.3) is 5.91 Å². The van der Waals surface area contributed by atoms with Crippen LogP contribution in [0.4, 0.5) is 11.6 Å². The van der Waals surface area contributed by atoms with Gasteiger partial charge in [-0.25, -0.2) is 9.97 Å². The molecule has 0 unspecified atom stereocenters. The van der Waals surface area contributed by atoms with Gasteiger partial charge in [-0.3, -0.25) is 9.69 Å². The lowest BCUT2D eigenvalue weighted by molar-refractivity contribution is 0.0383. The minimum atomic E-state index is -0.181. The molecule has 0 saturated carbocycles. The fourth-order valence-electron chi connectivity index (χ4n) is 2.95. The summed E-state index contributed by atoms with van der Waals surface area (Å²) in [5.74, 6) is 0.216. The first kappa shape index (κ1) is 19.5. The molecule has 0 atom stereocenters. The number of nitrogens with zero attached hydrogens (tertiary/aromatic N) is 3. The molecular weight excluding hydrogens is 366 g/mol. The number of nitrogens with one attached hydrogen (secondary N) is 2. The van der Waals surface area contributed by atoms with E-state index in [1.807, 2.05) is 26.0 Å². The first-order chi connectivity index (χ1) is 13.0. The van der Waals surface area contributed by atoms with E-state index in [9.17, 15) is 4.79 Å². The van der Waals surface area contributed by atoms with Gasteiger partial charge in [0, 0.05) is 38.6 Å². The Morgan fingerprint density at radius 2 is 1.93 bits per heavy atom. The number of carbonyl (C=O) groups is 1. The molecule has 1 aliphatic rings. The van der Waals surface area contributed by atoms with E-state index in [-0.39, 0.29) is 5.91 Å². The first-order valence-electron chi connectivity index (χ1n) is 8.97. The van der Waals surface area contributed by atoms with Gasteiger partial charge in [-0.05, 0) is 31.0 Å². The summed E-state index contributed by atoms with van der Waals surface area (Å²) in [6.45, 7) is 8.66. The zero-order valence-electron chi connectivity index (χ0n) is 15.6. The van der Waals surface area contributed by atoms with Crippen LogP contribution in [0.2, 0.25) is 5.02 Å². The Kier molecular flexibility index (Phi) is 6.60. The Labute approximate surface area is 164 Å². The van der Waals surface area contributed by atoms with Crippen molar-refractivity contribution in [3.63, 3.8) is 0 Å². The van der Waals surface area contributed by atoms with Gasteiger partial charge in [0.05, 0.1) is 29.5 Å². The highest BCUT2D eigenvalue weighted by Gasteiger charge is 2.12. The molecular formula is C19H24ClN5O2. The molecule has 2 N–H and O–H groups in total. The molecule has 1 fully saturated rings. The zero-order valence-corrected chi connectivity index (χ0v) is 16.3. The van der Waals surface area contributed by atoms with Crippen molar-refractivity contribution < 1.29 is 9.53 Å². The molecule has 8 heteroatoms. The lowest BCUT2D eigenvalue weighted by Crippen LogP contribution is -2.41. The van der Waals surface area contributed by atoms with Gasteiger partial charge in [-0.2, -0.15) is 0 Å². The summed E-state index contributed by atoms with van der Waals surface area (Å²) in [7, 11) is 0. The Morgan fingerprint density at radius 1 is 1.22 bits per heavy atom. The number of anilines is 2. The number of aryl methyl sites for hydroxylation is 2. The van der Waals surface area contributed by atoms with Crippen LogP contribution in [0.5, 0.6) is 0 Å². The normalized spacial score (nSPS) is 14.8. The van der Waals surface area contributed by atoms with Crippen molar-refractivity contribution in [1.82, 2.24) is 20.2 Å². The van der Waals surface area contributed by atoms with Gasteiger partial charge < -0.3 is 15.4 Å². The highest BCUT2D eigenvalue weighted by Crippen LogP contribution is 2.29. The van der Waals surface area contributed by atoms with Crippen LogP contribution in [0.25, 0.3) is 0 Å². The molecule has 1 amide bonds. The van der Waals surface area contributed by atoms with Crippen LogP contribution in [0.15, 0.2) is 24.5 Å². The zero-order chi connectivity index (χ0) is 19.2. The quantitative estimate of drug-likeness (QED) is 0.790. The van der Waals surface area contributed by atoms with Gasteiger partial charge in [-0.15, -0.1) is 0 Å². The number of hydrogen-bond donors (Lipinski definition) is 2. The smallest absolute Gasteiger partial charge is 0.254 e. The predicted octanol–water partition coefficient (Wildman–Crippen LogP) is 2.55. The van der Waals surface area contributed by atoms with Crippen molar-refractivity contribution in [3.8, 4) is 0 Å². The van der Waals surface area contributed by atoms with Gasteiger partial charge in [0.1, 0.15) is 0 Å². The SMILES string of the molecule is Cc1cc(C)c(Nc2ncc(C(=O)NCCN3CCOCC3)cn2)c(Cl)c1. The lowest BCUT2D eigenvalue weighted by atomic mass is 10.1. The van der Waals surface area contributed by atoms with E-state index in [0.29, 0.717) is 23.1 Å². The van der Waals surface area contributed by atoms with Crippen LogP contribution in [-0.2, 0) is 4.74 Å². The summed E-state index contributed by atoms with van der Waals surface area (Å²) in [4.78, 5) is 22.9. The Balaban J connectivity index is 1.54. The van der Waals surface area contributed by atoms with Crippen molar-refractivity contribution in [1.29, 1.82) is 0 Å². The van der Waals surface area contributed by atoms with Crippen molar-refractivity contribution in [2.24, 2.45) is 0 Å². The number of carbonyl (C=O) groups excluding carboxylic acids is 1. The van der Waals surface area contributed by atoms with Crippen LogP contribution in [0.1, 0.15) is 21.5 Å². The van der Waals surface area contributed by atoms with Crippen molar-refractivity contribution in [2.75, 3.05) is 44.7 Å². The third-order valence-electron chi connectivity index (χ3n) is 4.40. The molecule has 3 rings (SSSR count). The van der Waals surface area contributed by atoms with Gasteiger partial charge in [-0.1, -0.05) is 17.7 Å². The van der Waals surface area contributed by atoms with Crippen molar-refractivity contribution in [2.45, 2.75) is 13.8 Å². The Bertz CT molecular complexity index is 768. The van der Waals surface area contributed by atoms with Crippen molar-refractivity contribution >= 4 is 29.1 Å². The summed E-state index contributed by atoms with van der Waals surface area (Å²) in [6, 6.07) is 3.91. The summed E-state index contributed by atoms with van der Waals surface area (Å²) in [5.41, 5.74) is 3.29. The molecule has 2 heterocycles. The van der Waals surface area contributed by atoms with E-state index in [4.69, 9.17) is 16.3 Å². The minimum Gasteiger partial charge on any atom is -0.379 e. The molecule has 7 nitrogen and oxygen atoms in total. The number of ether oxygens (including phenoxy) is 1. The summed E-state index contributed by atoms with van der Waals surface area (Å²) < 4.78 is 5.31. The molecule has 0 spiro atoms. The van der Waals surface area contributed by atoms with Crippen LogP contribution in [0.3, 0.4) is 0 Å². The second kappa shape index (κ2) is 9.12. The molecule has 1 saturated heterocycles. The van der Waals surface area contributed by atoms with E-state index < -0.39 is 0 Å². The fourth-order valence-corrected chi connectivity index (χ4v) is 3.32. The molecule has 0 aliphatic carbocycles. The largest absolute Gasteiger partial charge is 0.379 e. The lowest BCUT2D eigenvalue weighted by Gasteiger charge is -2.26. The van der Waals surface area contributed by atoms with E-state index in [1.54, 1.807) is 0 Å². The molecule has 144 valence electrons. The second-order valence-corrected chi connectivity index (χ2v) is 6.98. The number of morpholine rings is 1. The predicted molar refractivity (Wildman–Crippen MR) is 106 cm³/mol. The van der Waals surface area contributed by atoms with Crippen LogP contribution in [0, 0.1) is 13.8 Å². The number of halogens is 1. The summed E-state index contributed by atoms with van der Waals surface area (Å²) in [5, 5.41) is 6.62. The fraction of sp³-hybridized carbons (Fsp3) is 0.421. The maximum Gasteiger partial charge on any atom is 0.254 e. The number of aromatic nitrogens is 2. The van der Waals surface area contributed by atoms with Gasteiger partial charge in [0.2, 0.25) is 5.95 Å². The molecule has 1 aromatic heterocycles. The van der Waals surface area contributed by atoms with E-state index in [2.05, 4.69) is 25.5 Å². The van der Waals surface area contributed by atoms with Gasteiger partial charge >= 0.3 is 0 Å². The molecule has 1 aliphatic heterocycles. The van der Waals surface area contributed by atoms with Crippen LogP contribution >= 0.6 is 11.6 Å². The summed E-state index contributed by atoms with van der Waals surface area (Å²) in [6.07, 6.45) is 3.02. The monoisotopic (exact) mass is 389 g/mol. The number of rotatable bonds is 6. The third-order valence-corrected chi connectivity index (χ3v) is 4.70. The van der Waals surface area contributed by atoms with E-state index >= 15 is 0 Å². The molecule has 27 heavy (non-hydrogen) atoms. The average molecular weight is 390 g/mol. The Hall–Kier alpha value is -2.22. The molecule has 0 bridgehead atoms. The number of hydrogen-bond acceptors (Lipinski definition) is 6. The maximum atomic E-state index is 12.2. The van der Waals surface area contributed by atoms with E-state index in [1.165, 1.54) is 12.4 Å². The molecule has 0 radical (unpaired) electrons. The van der Waals surface area contributed by atoms with Crippen molar-refractivity contribution in [3.05, 3.63) is 46.2 Å². The standard InChI is InChI=1S/C19H24ClN5O2/c1-13-9-14(2)17(16(20)10-13)24-19-22-11-15(12-23-19)18(26)21-3-4-25-5-7-27-8-6-25/h9-12H,3-8H2,1-2H3,(H,21,26)(H,22,23,24). The third kappa shape index (κ3) is 5.38. The van der Waals surface area contributed by atoms with Gasteiger partial charge in [0.15, 0.2) is 0 Å². The van der Waals surface area contributed by atoms with Crippen LogP contribution < -0.4 is 10.6 Å². The van der Waals surface area contributed by atoms with E-state index in [0.717, 1.165) is 49.7 Å². The molecule has 1 aromatic carbocycles. The molecule has 2 aromatic rings. The second-order valence-electron chi connectivity index (χ2n) is 6.57. The van der Waals surface area contributed by atoms with Crippen LogP contribution in [-0.4, -0.2) is 60.2 Å². The topological polar surface area (TPSA) is 79.4 Å². The number of amides is 1. The highest BCUT2D eigenvalue weighted by molar-refractivity contribution is 6.33. The maximum absolute atomic E-state index is 12.2.